The number of nitrogens with zero attached hydrogens (tertiary/aromatic N) is 1. The van der Waals surface area contributed by atoms with Crippen LogP contribution in [0.1, 0.15) is 36.2 Å². The number of hydrogen-bond acceptors (Lipinski definition) is 3. The van der Waals surface area contributed by atoms with E-state index in [0.717, 1.165) is 25.8 Å². The maximum absolute atomic E-state index is 11.8. The largest absolute Gasteiger partial charge is 0.298 e. The second-order valence-electron chi connectivity index (χ2n) is 4.94. The molecule has 1 aliphatic heterocycles. The Morgan fingerprint density at radius 2 is 2.38 bits per heavy atom. The third kappa shape index (κ3) is 1.82. The summed E-state index contributed by atoms with van der Waals surface area (Å²) < 4.78 is 0. The number of hydrogen-bond donors (Lipinski definition) is 0. The fraction of sp³-hybridized carbons (Fsp3) is 0.615. The summed E-state index contributed by atoms with van der Waals surface area (Å²) in [6.07, 6.45) is 3.38. The van der Waals surface area contributed by atoms with Crippen LogP contribution in [0, 0.1) is 5.92 Å². The fourth-order valence-electron chi connectivity index (χ4n) is 2.51. The summed E-state index contributed by atoms with van der Waals surface area (Å²) >= 11 is 1.86. The van der Waals surface area contributed by atoms with E-state index in [4.69, 9.17) is 0 Å². The van der Waals surface area contributed by atoms with Gasteiger partial charge in [0.15, 0.2) is 0 Å². The molecule has 0 N–H and O–H groups in total. The number of carbonyl (C=O) groups is 1. The van der Waals surface area contributed by atoms with Crippen molar-refractivity contribution in [2.24, 2.45) is 5.92 Å². The molecule has 2 aliphatic rings. The lowest BCUT2D eigenvalue weighted by atomic mass is 10.0. The number of fused-ring (bicyclic) bond motifs is 1. The van der Waals surface area contributed by atoms with Crippen LogP contribution in [-0.4, -0.2) is 23.8 Å². The summed E-state index contributed by atoms with van der Waals surface area (Å²) in [5.74, 6) is 0.863. The van der Waals surface area contributed by atoms with Crippen LogP contribution in [0.5, 0.6) is 0 Å². The van der Waals surface area contributed by atoms with Crippen LogP contribution in [0.4, 0.5) is 0 Å². The number of Topliss-reactive ketones (excluding diaryl/α,β-unsaturated/α-hetero) is 1. The molecule has 86 valence electrons. The summed E-state index contributed by atoms with van der Waals surface area (Å²) in [6.45, 7) is 3.94. The van der Waals surface area contributed by atoms with Crippen LogP contribution in [0.3, 0.4) is 0 Å². The Labute approximate surface area is 100 Å². The van der Waals surface area contributed by atoms with Crippen molar-refractivity contribution in [1.82, 2.24) is 4.90 Å². The summed E-state index contributed by atoms with van der Waals surface area (Å²) in [6, 6.07) is 2.65. The Bertz CT molecular complexity index is 408. The van der Waals surface area contributed by atoms with Crippen molar-refractivity contribution in [1.29, 1.82) is 0 Å². The lowest BCUT2D eigenvalue weighted by Crippen LogP contribution is -2.37. The van der Waals surface area contributed by atoms with Gasteiger partial charge < -0.3 is 0 Å². The second kappa shape index (κ2) is 3.97. The quantitative estimate of drug-likeness (QED) is 0.802. The van der Waals surface area contributed by atoms with Crippen molar-refractivity contribution in [3.63, 3.8) is 0 Å². The van der Waals surface area contributed by atoms with Crippen molar-refractivity contribution >= 4 is 17.1 Å². The molecule has 1 atom stereocenters. The summed E-state index contributed by atoms with van der Waals surface area (Å²) in [7, 11) is 0. The highest BCUT2D eigenvalue weighted by molar-refractivity contribution is 7.10. The SMILES string of the molecule is CC1c2ccsc2CCN1CC(=O)C1CC1. The molecule has 0 bridgehead atoms. The second-order valence-corrected chi connectivity index (χ2v) is 5.94. The smallest absolute Gasteiger partial charge is 0.149 e. The number of carbonyl (C=O) groups excluding carboxylic acids is 1. The van der Waals surface area contributed by atoms with Crippen molar-refractivity contribution in [3.05, 3.63) is 21.9 Å². The van der Waals surface area contributed by atoms with Gasteiger partial charge in [-0.1, -0.05) is 0 Å². The fourth-order valence-corrected chi connectivity index (χ4v) is 3.47. The van der Waals surface area contributed by atoms with Gasteiger partial charge in [0, 0.05) is 23.4 Å². The first-order valence-corrected chi connectivity index (χ1v) is 6.96. The third-order valence-corrected chi connectivity index (χ3v) is 4.79. The molecule has 1 aliphatic carbocycles. The Hall–Kier alpha value is -0.670. The van der Waals surface area contributed by atoms with Crippen molar-refractivity contribution in [2.75, 3.05) is 13.1 Å². The molecule has 1 aromatic rings. The molecule has 1 unspecified atom stereocenters. The molecule has 1 saturated carbocycles. The number of thiophene rings is 1. The summed E-state index contributed by atoms with van der Waals surface area (Å²) in [4.78, 5) is 15.7. The molecule has 0 amide bonds. The normalized spacial score (nSPS) is 25.4. The van der Waals surface area contributed by atoms with Crippen LogP contribution >= 0.6 is 11.3 Å². The minimum absolute atomic E-state index is 0.399. The van der Waals surface area contributed by atoms with Gasteiger partial charge in [0.05, 0.1) is 6.54 Å². The lowest BCUT2D eigenvalue weighted by Gasteiger charge is -2.32. The molecule has 1 fully saturated rings. The Kier molecular flexibility index (Phi) is 2.60. The van der Waals surface area contributed by atoms with Gasteiger partial charge in [-0.05, 0) is 43.2 Å². The van der Waals surface area contributed by atoms with Crippen molar-refractivity contribution in [3.8, 4) is 0 Å². The van der Waals surface area contributed by atoms with E-state index in [1.165, 1.54) is 10.4 Å². The number of rotatable bonds is 3. The highest BCUT2D eigenvalue weighted by atomic mass is 32.1. The maximum Gasteiger partial charge on any atom is 0.149 e. The van der Waals surface area contributed by atoms with Gasteiger partial charge in [-0.2, -0.15) is 0 Å². The van der Waals surface area contributed by atoms with Crippen LogP contribution in [-0.2, 0) is 11.2 Å². The topological polar surface area (TPSA) is 20.3 Å². The lowest BCUT2D eigenvalue weighted by molar-refractivity contribution is -0.122. The highest BCUT2D eigenvalue weighted by Gasteiger charge is 2.33. The van der Waals surface area contributed by atoms with E-state index >= 15 is 0 Å². The molecule has 0 radical (unpaired) electrons. The molecular formula is C13H17NOS. The molecular weight excluding hydrogens is 218 g/mol. The van der Waals surface area contributed by atoms with Gasteiger partial charge >= 0.3 is 0 Å². The molecule has 0 spiro atoms. The van der Waals surface area contributed by atoms with Crippen LogP contribution in [0.25, 0.3) is 0 Å². The van der Waals surface area contributed by atoms with Crippen LogP contribution in [0.2, 0.25) is 0 Å². The monoisotopic (exact) mass is 235 g/mol. The predicted molar refractivity (Wildman–Crippen MR) is 65.7 cm³/mol. The van der Waals surface area contributed by atoms with Gasteiger partial charge in [-0.15, -0.1) is 11.3 Å². The average Bonchev–Trinajstić information content (AvgIpc) is 3.01. The highest BCUT2D eigenvalue weighted by Crippen LogP contribution is 2.35. The molecule has 16 heavy (non-hydrogen) atoms. The van der Waals surface area contributed by atoms with E-state index in [1.807, 2.05) is 11.3 Å². The minimum Gasteiger partial charge on any atom is -0.298 e. The minimum atomic E-state index is 0.399. The van der Waals surface area contributed by atoms with E-state index in [-0.39, 0.29) is 0 Å². The molecule has 0 aromatic carbocycles. The molecule has 2 heterocycles. The number of ketones is 1. The third-order valence-electron chi connectivity index (χ3n) is 3.80. The first-order valence-electron chi connectivity index (χ1n) is 6.08. The van der Waals surface area contributed by atoms with E-state index in [0.29, 0.717) is 24.3 Å². The Morgan fingerprint density at radius 3 is 3.12 bits per heavy atom. The first kappa shape index (κ1) is 10.5. The van der Waals surface area contributed by atoms with Crippen molar-refractivity contribution < 1.29 is 4.79 Å². The van der Waals surface area contributed by atoms with Gasteiger partial charge in [0.1, 0.15) is 5.78 Å². The van der Waals surface area contributed by atoms with E-state index in [1.54, 1.807) is 0 Å². The summed E-state index contributed by atoms with van der Waals surface area (Å²) in [5.41, 5.74) is 1.44. The van der Waals surface area contributed by atoms with Crippen LogP contribution in [0.15, 0.2) is 11.4 Å². The van der Waals surface area contributed by atoms with E-state index in [2.05, 4.69) is 23.3 Å². The predicted octanol–water partition coefficient (Wildman–Crippen LogP) is 2.65. The molecule has 3 rings (SSSR count). The molecule has 0 saturated heterocycles. The molecule has 1 aromatic heterocycles. The van der Waals surface area contributed by atoms with Crippen molar-refractivity contribution in [2.45, 2.75) is 32.2 Å². The average molecular weight is 235 g/mol. The van der Waals surface area contributed by atoms with Crippen LogP contribution < -0.4 is 0 Å². The zero-order chi connectivity index (χ0) is 11.1. The van der Waals surface area contributed by atoms with Gasteiger partial charge in [-0.3, -0.25) is 9.69 Å². The standard InChI is InChI=1S/C13H17NOS/c1-9-11-5-7-16-13(11)4-6-14(9)8-12(15)10-2-3-10/h5,7,9-10H,2-4,6,8H2,1H3. The zero-order valence-corrected chi connectivity index (χ0v) is 10.4. The zero-order valence-electron chi connectivity index (χ0n) is 9.61. The maximum atomic E-state index is 11.8. The Balaban J connectivity index is 1.71. The first-order chi connectivity index (χ1) is 7.75. The van der Waals surface area contributed by atoms with Gasteiger partial charge in [0.25, 0.3) is 0 Å². The molecule has 2 nitrogen and oxygen atoms in total. The van der Waals surface area contributed by atoms with Gasteiger partial charge in [-0.25, -0.2) is 0 Å². The summed E-state index contributed by atoms with van der Waals surface area (Å²) in [5, 5.41) is 2.17. The molecule has 3 heteroatoms. The van der Waals surface area contributed by atoms with E-state index < -0.39 is 0 Å². The Morgan fingerprint density at radius 1 is 1.56 bits per heavy atom. The van der Waals surface area contributed by atoms with Gasteiger partial charge in [0.2, 0.25) is 0 Å². The van der Waals surface area contributed by atoms with E-state index in [9.17, 15) is 4.79 Å².